The third-order valence-electron chi connectivity index (χ3n) is 6.91. The highest BCUT2D eigenvalue weighted by Crippen LogP contribution is 2.48. The molecule has 3 heterocycles. The zero-order chi connectivity index (χ0) is 24.3. The zero-order valence-corrected chi connectivity index (χ0v) is 19.6. The maximum Gasteiger partial charge on any atom is 0.416 e. The van der Waals surface area contributed by atoms with Gasteiger partial charge >= 0.3 is 6.18 Å². The van der Waals surface area contributed by atoms with Gasteiger partial charge in [0.1, 0.15) is 18.0 Å². The van der Waals surface area contributed by atoms with Gasteiger partial charge in [0.25, 0.3) is 5.91 Å². The summed E-state index contributed by atoms with van der Waals surface area (Å²) in [6.07, 6.45) is 2.66. The molecule has 0 atom stereocenters. The van der Waals surface area contributed by atoms with Gasteiger partial charge in [-0.3, -0.25) is 9.69 Å². The second-order valence-electron chi connectivity index (χ2n) is 8.98. The lowest BCUT2D eigenvalue weighted by Gasteiger charge is -2.42. The molecule has 5 rings (SSSR count). The monoisotopic (exact) mass is 486 g/mol. The molecule has 1 amide bonds. The molecule has 1 aliphatic carbocycles. The number of carbonyl (C=O) groups excluding carboxylic acids is 1. The topological polar surface area (TPSA) is 63.9 Å². The minimum Gasteiger partial charge on any atom is -0.321 e. The molecule has 0 N–H and O–H groups in total. The lowest BCUT2D eigenvalue weighted by molar-refractivity contribution is -0.138. The Hall–Kier alpha value is -2.88. The predicted octanol–water partition coefficient (Wildman–Crippen LogP) is 4.96. The summed E-state index contributed by atoms with van der Waals surface area (Å²) in [5.41, 5.74) is 0.204. The van der Waals surface area contributed by atoms with Crippen molar-refractivity contribution >= 4 is 23.5 Å². The molecule has 6 nitrogen and oxygen atoms in total. The Kier molecular flexibility index (Phi) is 5.46. The van der Waals surface area contributed by atoms with Crippen molar-refractivity contribution in [2.75, 3.05) is 11.2 Å². The summed E-state index contributed by atoms with van der Waals surface area (Å²) in [6.45, 7) is 3.46. The molecule has 1 aliphatic heterocycles. The Labute approximate surface area is 199 Å². The van der Waals surface area contributed by atoms with E-state index in [0.717, 1.165) is 41.7 Å². The van der Waals surface area contributed by atoms with Crippen LogP contribution in [-0.4, -0.2) is 31.9 Å². The molecular weight excluding hydrogens is 463 g/mol. The number of hydrogen-bond donors (Lipinski definition) is 0. The van der Waals surface area contributed by atoms with Crippen molar-refractivity contribution in [2.45, 2.75) is 48.8 Å². The first kappa shape index (κ1) is 22.9. The highest BCUT2D eigenvalue weighted by molar-refractivity contribution is 7.98. The Balaban J connectivity index is 1.56. The maximum atomic E-state index is 13.7. The van der Waals surface area contributed by atoms with E-state index in [1.54, 1.807) is 6.33 Å². The summed E-state index contributed by atoms with van der Waals surface area (Å²) in [5.74, 6) is 0.746. The summed E-state index contributed by atoms with van der Waals surface area (Å²) in [6, 6.07) is 6.30. The normalized spacial score (nSPS) is 17.1. The standard InChI is InChI=1S/C24H23F3N5OS/c1-14-7-16-17(18(8-14)24(25,26)27)12-32(22(16)33)19-9-15(10-21(29-19)34-3)23(5-4-6-23)11-20-30-28-13-31(20)2/h7-10,13H,1,4-6,11-12H2,2-3H3. The van der Waals surface area contributed by atoms with E-state index in [9.17, 15) is 18.0 Å². The molecule has 3 aromatic rings. The van der Waals surface area contributed by atoms with E-state index in [-0.39, 0.29) is 28.7 Å². The lowest BCUT2D eigenvalue weighted by Crippen LogP contribution is -2.38. The van der Waals surface area contributed by atoms with Crippen molar-refractivity contribution in [1.29, 1.82) is 0 Å². The predicted molar refractivity (Wildman–Crippen MR) is 123 cm³/mol. The fourth-order valence-corrected chi connectivity index (χ4v) is 5.32. The Bertz CT molecular complexity index is 1280. The number of anilines is 1. The van der Waals surface area contributed by atoms with Crippen LogP contribution in [-0.2, 0) is 31.6 Å². The lowest BCUT2D eigenvalue weighted by atomic mass is 9.62. The summed E-state index contributed by atoms with van der Waals surface area (Å²) < 4.78 is 43.0. The molecule has 0 spiro atoms. The highest BCUT2D eigenvalue weighted by Gasteiger charge is 2.43. The van der Waals surface area contributed by atoms with Crippen LogP contribution in [0.2, 0.25) is 0 Å². The second kappa shape index (κ2) is 8.11. The van der Waals surface area contributed by atoms with Gasteiger partial charge in [0.05, 0.1) is 17.1 Å². The van der Waals surface area contributed by atoms with Gasteiger partial charge in [-0.1, -0.05) is 6.42 Å². The molecule has 177 valence electrons. The quantitative estimate of drug-likeness (QED) is 0.477. The summed E-state index contributed by atoms with van der Waals surface area (Å²) >= 11 is 1.44. The first-order chi connectivity index (χ1) is 16.1. The summed E-state index contributed by atoms with van der Waals surface area (Å²) in [5, 5.41) is 8.95. The molecule has 0 bridgehead atoms. The zero-order valence-electron chi connectivity index (χ0n) is 18.8. The summed E-state index contributed by atoms with van der Waals surface area (Å²) in [7, 11) is 1.90. The van der Waals surface area contributed by atoms with Gasteiger partial charge in [-0.05, 0) is 67.0 Å². The van der Waals surface area contributed by atoms with Gasteiger partial charge < -0.3 is 4.57 Å². The minimum atomic E-state index is -4.57. The average Bonchev–Trinajstić information content (AvgIpc) is 3.31. The van der Waals surface area contributed by atoms with Crippen LogP contribution in [0.1, 0.15) is 57.7 Å². The third-order valence-corrected chi connectivity index (χ3v) is 7.53. The molecule has 0 unspecified atom stereocenters. The number of carbonyl (C=O) groups is 1. The molecular formula is C24H23F3N5OS. The molecule has 1 fully saturated rings. The van der Waals surface area contributed by atoms with Crippen molar-refractivity contribution < 1.29 is 18.0 Å². The molecule has 2 aromatic heterocycles. The van der Waals surface area contributed by atoms with Gasteiger partial charge in [0.2, 0.25) is 0 Å². The number of alkyl halides is 3. The highest BCUT2D eigenvalue weighted by atomic mass is 32.2. The number of halogens is 3. The van der Waals surface area contributed by atoms with E-state index in [1.165, 1.54) is 22.7 Å². The molecule has 0 saturated heterocycles. The van der Waals surface area contributed by atoms with Crippen molar-refractivity contribution in [1.82, 2.24) is 19.7 Å². The first-order valence-electron chi connectivity index (χ1n) is 10.9. The molecule has 2 aliphatic rings. The SMILES string of the molecule is [CH2]c1cc2c(c(C(F)(F)F)c1)CN(c1cc(C3(Cc4nncn4C)CCC3)cc(SC)n1)C2=O. The maximum absolute atomic E-state index is 13.7. The van der Waals surface area contributed by atoms with Crippen LogP contribution in [0.4, 0.5) is 19.0 Å². The molecule has 1 aromatic carbocycles. The van der Waals surface area contributed by atoms with Crippen LogP contribution in [0.5, 0.6) is 0 Å². The number of fused-ring (bicyclic) bond motifs is 1. The van der Waals surface area contributed by atoms with Gasteiger partial charge in [-0.2, -0.15) is 13.2 Å². The largest absolute Gasteiger partial charge is 0.416 e. The van der Waals surface area contributed by atoms with E-state index in [2.05, 4.69) is 22.1 Å². The van der Waals surface area contributed by atoms with Gasteiger partial charge in [0.15, 0.2) is 0 Å². The fourth-order valence-electron chi connectivity index (χ4n) is 4.89. The van der Waals surface area contributed by atoms with E-state index >= 15 is 0 Å². The van der Waals surface area contributed by atoms with Gasteiger partial charge in [0, 0.05) is 24.4 Å². The van der Waals surface area contributed by atoms with Crippen molar-refractivity contribution in [3.8, 4) is 0 Å². The number of aryl methyl sites for hydroxylation is 1. The first-order valence-corrected chi connectivity index (χ1v) is 12.1. The molecule has 10 heteroatoms. The molecule has 34 heavy (non-hydrogen) atoms. The number of rotatable bonds is 5. The van der Waals surface area contributed by atoms with Crippen molar-refractivity contribution in [2.24, 2.45) is 7.05 Å². The van der Waals surface area contributed by atoms with E-state index in [4.69, 9.17) is 0 Å². The van der Waals surface area contributed by atoms with Gasteiger partial charge in [-0.25, -0.2) is 4.98 Å². The van der Waals surface area contributed by atoms with Crippen LogP contribution < -0.4 is 4.90 Å². The van der Waals surface area contributed by atoms with Crippen LogP contribution in [0.3, 0.4) is 0 Å². The molecule has 1 saturated carbocycles. The summed E-state index contributed by atoms with van der Waals surface area (Å²) in [4.78, 5) is 19.2. The average molecular weight is 487 g/mol. The number of amides is 1. The second-order valence-corrected chi connectivity index (χ2v) is 9.81. The van der Waals surface area contributed by atoms with Crippen LogP contribution in [0.15, 0.2) is 35.6 Å². The van der Waals surface area contributed by atoms with E-state index in [0.29, 0.717) is 12.2 Å². The van der Waals surface area contributed by atoms with E-state index in [1.807, 2.05) is 30.0 Å². The number of pyridine rings is 1. The Morgan fingerprint density at radius 2 is 1.97 bits per heavy atom. The number of hydrogen-bond acceptors (Lipinski definition) is 5. The van der Waals surface area contributed by atoms with Crippen molar-refractivity contribution in [3.63, 3.8) is 0 Å². The van der Waals surface area contributed by atoms with Crippen LogP contribution in [0, 0.1) is 6.92 Å². The van der Waals surface area contributed by atoms with Crippen molar-refractivity contribution in [3.05, 3.63) is 71.2 Å². The van der Waals surface area contributed by atoms with Crippen LogP contribution in [0.25, 0.3) is 0 Å². The van der Waals surface area contributed by atoms with E-state index < -0.39 is 17.6 Å². The smallest absolute Gasteiger partial charge is 0.321 e. The number of aromatic nitrogens is 4. The van der Waals surface area contributed by atoms with Crippen LogP contribution >= 0.6 is 11.8 Å². The Morgan fingerprint density at radius 1 is 1.21 bits per heavy atom. The Morgan fingerprint density at radius 3 is 2.56 bits per heavy atom. The molecule has 1 radical (unpaired) electrons. The third kappa shape index (κ3) is 3.77. The number of benzene rings is 1. The minimum absolute atomic E-state index is 0.0275. The number of thioether (sulfide) groups is 1. The van der Waals surface area contributed by atoms with Gasteiger partial charge in [-0.15, -0.1) is 22.0 Å². The fraction of sp³-hybridized carbons (Fsp3) is 0.375. The number of nitrogens with zero attached hydrogens (tertiary/aromatic N) is 5.